The molecule has 0 aromatic carbocycles. The van der Waals surface area contributed by atoms with Crippen LogP contribution in [0.5, 0.6) is 0 Å². The number of esters is 1. The van der Waals surface area contributed by atoms with Gasteiger partial charge in [-0.15, -0.1) is 0 Å². The van der Waals surface area contributed by atoms with Crippen molar-refractivity contribution in [1.29, 1.82) is 0 Å². The Morgan fingerprint density at radius 1 is 1.17 bits per heavy atom. The number of hydrogen-bond acceptors (Lipinski definition) is 5. The first kappa shape index (κ1) is 16.9. The molecule has 0 saturated carbocycles. The maximum Gasteiger partial charge on any atom is 0.324 e. The Morgan fingerprint density at radius 3 is 2.17 bits per heavy atom. The van der Waals surface area contributed by atoms with Gasteiger partial charge < -0.3 is 21.3 Å². The van der Waals surface area contributed by atoms with E-state index < -0.39 is 18.0 Å². The highest BCUT2D eigenvalue weighted by Crippen LogP contribution is 2.17. The van der Waals surface area contributed by atoms with Crippen molar-refractivity contribution in [2.24, 2.45) is 23.3 Å². The van der Waals surface area contributed by atoms with Crippen molar-refractivity contribution >= 4 is 11.9 Å². The summed E-state index contributed by atoms with van der Waals surface area (Å²) in [7, 11) is 0. The van der Waals surface area contributed by atoms with E-state index in [9.17, 15) is 9.59 Å². The second kappa shape index (κ2) is 8.05. The van der Waals surface area contributed by atoms with Gasteiger partial charge in [0.15, 0.2) is 0 Å². The molecule has 106 valence electrons. The molecule has 0 amide bonds. The first-order chi connectivity index (χ1) is 8.23. The van der Waals surface area contributed by atoms with Crippen molar-refractivity contribution in [3.05, 3.63) is 0 Å². The quantitative estimate of drug-likeness (QED) is 0.542. The van der Waals surface area contributed by atoms with Crippen LogP contribution in [0.25, 0.3) is 0 Å². The largest absolute Gasteiger partial charge is 0.480 e. The minimum atomic E-state index is -1.18. The predicted molar refractivity (Wildman–Crippen MR) is 67.8 cm³/mol. The Balaban J connectivity index is 3.99. The number of ether oxygens (including phenoxy) is 1. The normalized spacial score (nSPS) is 17.6. The lowest BCUT2D eigenvalue weighted by Crippen LogP contribution is -2.36. The molecule has 0 spiro atoms. The first-order valence-corrected chi connectivity index (χ1v) is 6.14. The van der Waals surface area contributed by atoms with Crippen LogP contribution in [0.4, 0.5) is 0 Å². The highest BCUT2D eigenvalue weighted by atomic mass is 16.5. The van der Waals surface area contributed by atoms with Crippen molar-refractivity contribution in [1.82, 2.24) is 0 Å². The summed E-state index contributed by atoms with van der Waals surface area (Å²) in [6.07, 6.45) is 1.51. The van der Waals surface area contributed by atoms with Crippen molar-refractivity contribution in [2.45, 2.75) is 45.7 Å². The third-order valence-electron chi connectivity index (χ3n) is 2.65. The average Bonchev–Trinajstić information content (AvgIpc) is 2.23. The smallest absolute Gasteiger partial charge is 0.324 e. The summed E-state index contributed by atoms with van der Waals surface area (Å²) >= 11 is 0. The summed E-state index contributed by atoms with van der Waals surface area (Å²) in [5, 5.41) is 8.55. The zero-order valence-electron chi connectivity index (χ0n) is 11.3. The summed E-state index contributed by atoms with van der Waals surface area (Å²) in [5.74, 6) is -1.55. The van der Waals surface area contributed by atoms with Crippen LogP contribution in [0.3, 0.4) is 0 Å². The number of nitrogens with two attached hydrogens (primary N) is 2. The topological polar surface area (TPSA) is 116 Å². The third kappa shape index (κ3) is 7.24. The van der Waals surface area contributed by atoms with E-state index in [0.29, 0.717) is 12.3 Å². The van der Waals surface area contributed by atoms with E-state index in [4.69, 9.17) is 21.3 Å². The van der Waals surface area contributed by atoms with Crippen LogP contribution >= 0.6 is 0 Å². The van der Waals surface area contributed by atoms with Gasteiger partial charge in [0, 0.05) is 6.04 Å². The van der Waals surface area contributed by atoms with Gasteiger partial charge in [-0.2, -0.15) is 0 Å². The Hall–Kier alpha value is -1.14. The molecule has 0 aliphatic rings. The fourth-order valence-electron chi connectivity index (χ4n) is 1.82. The molecule has 0 heterocycles. The van der Waals surface area contributed by atoms with Gasteiger partial charge in [-0.05, 0) is 25.7 Å². The molecule has 0 aromatic rings. The summed E-state index contributed by atoms with van der Waals surface area (Å²) < 4.78 is 4.86. The van der Waals surface area contributed by atoms with Crippen molar-refractivity contribution < 1.29 is 19.4 Å². The van der Waals surface area contributed by atoms with Crippen LogP contribution in [-0.2, 0) is 14.3 Å². The Labute approximate surface area is 108 Å². The van der Waals surface area contributed by atoms with Gasteiger partial charge in [0.2, 0.25) is 0 Å². The maximum atomic E-state index is 11.6. The summed E-state index contributed by atoms with van der Waals surface area (Å²) in [6.45, 7) is 5.41. The molecular formula is C12H24N2O4. The number of rotatable bonds is 8. The van der Waals surface area contributed by atoms with Crippen LogP contribution < -0.4 is 11.5 Å². The van der Waals surface area contributed by atoms with Crippen molar-refractivity contribution in [2.75, 3.05) is 6.61 Å². The maximum absolute atomic E-state index is 11.6. The van der Waals surface area contributed by atoms with E-state index in [1.807, 2.05) is 13.8 Å². The zero-order chi connectivity index (χ0) is 14.3. The summed E-state index contributed by atoms with van der Waals surface area (Å²) in [5.41, 5.74) is 10.9. The van der Waals surface area contributed by atoms with Crippen LogP contribution in [-0.4, -0.2) is 35.7 Å². The molecule has 0 radical (unpaired) electrons. The lowest BCUT2D eigenvalue weighted by Gasteiger charge is -2.18. The van der Waals surface area contributed by atoms with Gasteiger partial charge in [0.05, 0.1) is 5.92 Å². The molecule has 6 nitrogen and oxygen atoms in total. The average molecular weight is 260 g/mol. The Morgan fingerprint density at radius 2 is 1.72 bits per heavy atom. The van der Waals surface area contributed by atoms with Crippen molar-refractivity contribution in [3.8, 4) is 0 Å². The Kier molecular flexibility index (Phi) is 7.54. The van der Waals surface area contributed by atoms with Gasteiger partial charge in [-0.25, -0.2) is 0 Å². The van der Waals surface area contributed by atoms with E-state index in [1.54, 1.807) is 6.92 Å². The number of carbonyl (C=O) groups excluding carboxylic acids is 1. The standard InChI is InChI=1S/C12H24N2O4/c1-7(5-9(3)13)4-8(2)12(17)18-6-10(14)11(15)16/h7-10H,4-6,13-14H2,1-3H3,(H,15,16). The molecule has 0 bridgehead atoms. The fraction of sp³-hybridized carbons (Fsp3) is 0.833. The number of aliphatic carboxylic acids is 1. The lowest BCUT2D eigenvalue weighted by molar-refractivity contribution is -0.151. The molecule has 18 heavy (non-hydrogen) atoms. The molecule has 0 saturated heterocycles. The third-order valence-corrected chi connectivity index (χ3v) is 2.65. The molecule has 4 unspecified atom stereocenters. The summed E-state index contributed by atoms with van der Waals surface area (Å²) in [4.78, 5) is 22.0. The molecule has 4 atom stereocenters. The molecule has 6 heteroatoms. The van der Waals surface area contributed by atoms with E-state index >= 15 is 0 Å². The molecular weight excluding hydrogens is 236 g/mol. The number of carboxylic acids is 1. The monoisotopic (exact) mass is 260 g/mol. The predicted octanol–water partition coefficient (Wildman–Crippen LogP) is 0.341. The lowest BCUT2D eigenvalue weighted by atomic mass is 9.92. The van der Waals surface area contributed by atoms with Crippen LogP contribution in [0, 0.1) is 11.8 Å². The molecule has 5 N–H and O–H groups in total. The SMILES string of the molecule is CC(N)CC(C)CC(C)C(=O)OCC(N)C(=O)O. The van der Waals surface area contributed by atoms with E-state index in [2.05, 4.69) is 0 Å². The van der Waals surface area contributed by atoms with Gasteiger partial charge in [-0.3, -0.25) is 9.59 Å². The zero-order valence-corrected chi connectivity index (χ0v) is 11.3. The van der Waals surface area contributed by atoms with Crippen molar-refractivity contribution in [3.63, 3.8) is 0 Å². The second-order valence-corrected chi connectivity index (χ2v) is 5.03. The molecule has 0 rings (SSSR count). The fourth-order valence-corrected chi connectivity index (χ4v) is 1.82. The van der Waals surface area contributed by atoms with Crippen LogP contribution in [0.1, 0.15) is 33.6 Å². The minimum Gasteiger partial charge on any atom is -0.480 e. The number of carboxylic acid groups (broad SMARTS) is 1. The molecule has 0 aromatic heterocycles. The van der Waals surface area contributed by atoms with Gasteiger partial charge in [0.25, 0.3) is 0 Å². The minimum absolute atomic E-state index is 0.101. The van der Waals surface area contributed by atoms with E-state index in [-0.39, 0.29) is 18.6 Å². The first-order valence-electron chi connectivity index (χ1n) is 6.14. The summed E-state index contributed by atoms with van der Waals surface area (Å²) in [6, 6.07) is -1.06. The number of carbonyl (C=O) groups is 2. The van der Waals surface area contributed by atoms with Crippen LogP contribution in [0.15, 0.2) is 0 Å². The molecule has 0 fully saturated rings. The highest BCUT2D eigenvalue weighted by molar-refractivity contribution is 5.75. The highest BCUT2D eigenvalue weighted by Gasteiger charge is 2.20. The van der Waals surface area contributed by atoms with E-state index in [1.165, 1.54) is 0 Å². The molecule has 0 aliphatic heterocycles. The van der Waals surface area contributed by atoms with Crippen LogP contribution in [0.2, 0.25) is 0 Å². The Bertz CT molecular complexity index is 281. The van der Waals surface area contributed by atoms with Gasteiger partial charge in [-0.1, -0.05) is 13.8 Å². The number of hydrogen-bond donors (Lipinski definition) is 3. The molecule has 0 aliphatic carbocycles. The van der Waals surface area contributed by atoms with Gasteiger partial charge >= 0.3 is 11.9 Å². The van der Waals surface area contributed by atoms with E-state index in [0.717, 1.165) is 6.42 Å². The second-order valence-electron chi connectivity index (χ2n) is 5.03. The van der Waals surface area contributed by atoms with Gasteiger partial charge in [0.1, 0.15) is 12.6 Å².